The fourth-order valence-corrected chi connectivity index (χ4v) is 5.79. The van der Waals surface area contributed by atoms with E-state index in [1.165, 1.54) is 11.8 Å². The highest BCUT2D eigenvalue weighted by Gasteiger charge is 2.48. The van der Waals surface area contributed by atoms with E-state index in [0.717, 1.165) is 17.8 Å². The molecular weight excluding hydrogens is 548 g/mol. The molecule has 0 bridgehead atoms. The van der Waals surface area contributed by atoms with Crippen LogP contribution in [0.2, 0.25) is 0 Å². The molecule has 0 spiro atoms. The van der Waals surface area contributed by atoms with Crippen LogP contribution >= 0.6 is 11.3 Å². The van der Waals surface area contributed by atoms with E-state index in [2.05, 4.69) is 4.98 Å². The summed E-state index contributed by atoms with van der Waals surface area (Å²) in [7, 11) is 0. The molecule has 1 atom stereocenters. The molecule has 0 radical (unpaired) electrons. The molecule has 10 nitrogen and oxygen atoms in total. The molecule has 41 heavy (non-hydrogen) atoms. The molecule has 2 aliphatic heterocycles. The third-order valence-corrected chi connectivity index (χ3v) is 7.87. The highest BCUT2D eigenvalue weighted by molar-refractivity contribution is 7.18. The van der Waals surface area contributed by atoms with Crippen molar-refractivity contribution in [3.63, 3.8) is 0 Å². The van der Waals surface area contributed by atoms with Gasteiger partial charge in [0.15, 0.2) is 33.9 Å². The maximum Gasteiger partial charge on any atom is 0.301 e. The van der Waals surface area contributed by atoms with Crippen molar-refractivity contribution in [2.75, 3.05) is 31.3 Å². The third kappa shape index (κ3) is 5.24. The Labute approximate surface area is 241 Å². The van der Waals surface area contributed by atoms with E-state index in [-0.39, 0.29) is 27.8 Å². The predicted molar refractivity (Wildman–Crippen MR) is 152 cm³/mol. The summed E-state index contributed by atoms with van der Waals surface area (Å²) in [5.41, 5.74) is 1.09. The van der Waals surface area contributed by atoms with Gasteiger partial charge in [0.2, 0.25) is 0 Å². The maximum absolute atomic E-state index is 13.6. The van der Waals surface area contributed by atoms with Gasteiger partial charge in [-0.2, -0.15) is 0 Å². The van der Waals surface area contributed by atoms with Crippen LogP contribution in [0.1, 0.15) is 59.7 Å². The van der Waals surface area contributed by atoms with E-state index >= 15 is 0 Å². The Morgan fingerprint density at radius 2 is 1.83 bits per heavy atom. The van der Waals surface area contributed by atoms with Gasteiger partial charge in [-0.05, 0) is 56.2 Å². The van der Waals surface area contributed by atoms with Gasteiger partial charge in [0.1, 0.15) is 19.0 Å². The Morgan fingerprint density at radius 1 is 1.07 bits per heavy atom. The molecule has 5 rings (SSSR count). The van der Waals surface area contributed by atoms with Crippen LogP contribution in [0.5, 0.6) is 23.0 Å². The Kier molecular flexibility index (Phi) is 7.98. The average Bonchev–Trinajstić information content (AvgIpc) is 3.48. The SMILES string of the molecule is CCCOc1ccc([C@H]2/C(=C(\O)c3ccc4c(c3)OCCO4)C(=O)C(=O)N2c2nc(C)c(C(C)=O)s2)cc1OCC. The molecule has 0 aliphatic carbocycles. The lowest BCUT2D eigenvalue weighted by molar-refractivity contribution is -0.132. The zero-order valence-corrected chi connectivity index (χ0v) is 24.0. The topological polar surface area (TPSA) is 124 Å². The second kappa shape index (κ2) is 11.6. The molecule has 3 heterocycles. The fraction of sp³-hybridized carbons (Fsp3) is 0.333. The van der Waals surface area contributed by atoms with Crippen molar-refractivity contribution < 1.29 is 38.4 Å². The van der Waals surface area contributed by atoms with Crippen molar-refractivity contribution in [3.8, 4) is 23.0 Å². The number of carbonyl (C=O) groups is 3. The van der Waals surface area contributed by atoms with Gasteiger partial charge in [-0.3, -0.25) is 19.3 Å². The summed E-state index contributed by atoms with van der Waals surface area (Å²) in [6.45, 7) is 8.50. The number of rotatable bonds is 9. The maximum atomic E-state index is 13.6. The molecule has 2 aromatic carbocycles. The zero-order chi connectivity index (χ0) is 29.3. The summed E-state index contributed by atoms with van der Waals surface area (Å²) in [6, 6.07) is 8.89. The number of aliphatic hydroxyl groups excluding tert-OH is 1. The van der Waals surface area contributed by atoms with Crippen LogP contribution in [0.4, 0.5) is 5.13 Å². The first-order valence-electron chi connectivity index (χ1n) is 13.3. The molecule has 2 aliphatic rings. The quantitative estimate of drug-likeness (QED) is 0.157. The first kappa shape index (κ1) is 28.2. The van der Waals surface area contributed by atoms with Crippen LogP contribution in [0.25, 0.3) is 5.76 Å². The lowest BCUT2D eigenvalue weighted by Crippen LogP contribution is -2.29. The number of anilines is 1. The molecule has 1 amide bonds. The van der Waals surface area contributed by atoms with Gasteiger partial charge >= 0.3 is 5.91 Å². The Hall–Kier alpha value is -4.38. The Balaban J connectivity index is 1.70. The van der Waals surface area contributed by atoms with Crippen molar-refractivity contribution in [1.29, 1.82) is 0 Å². The van der Waals surface area contributed by atoms with Gasteiger partial charge in [-0.1, -0.05) is 24.3 Å². The molecular formula is C30H30N2O8S. The number of hydrogen-bond acceptors (Lipinski definition) is 10. The average molecular weight is 579 g/mol. The molecule has 1 aromatic heterocycles. The number of amides is 1. The van der Waals surface area contributed by atoms with E-state index in [9.17, 15) is 19.5 Å². The number of nitrogens with zero attached hydrogens (tertiary/aromatic N) is 2. The van der Waals surface area contributed by atoms with Gasteiger partial charge in [-0.15, -0.1) is 0 Å². The third-order valence-electron chi connectivity index (χ3n) is 6.62. The molecule has 1 saturated heterocycles. The number of aliphatic hydroxyl groups is 1. The first-order chi connectivity index (χ1) is 19.7. The summed E-state index contributed by atoms with van der Waals surface area (Å²) < 4.78 is 22.9. The van der Waals surface area contributed by atoms with Gasteiger partial charge in [0, 0.05) is 12.5 Å². The van der Waals surface area contributed by atoms with Gasteiger partial charge < -0.3 is 24.1 Å². The summed E-state index contributed by atoms with van der Waals surface area (Å²) in [5, 5.41) is 11.7. The second-order valence-corrected chi connectivity index (χ2v) is 10.5. The van der Waals surface area contributed by atoms with E-state index in [1.54, 1.807) is 43.3 Å². The lowest BCUT2D eigenvalue weighted by atomic mass is 9.95. The zero-order valence-electron chi connectivity index (χ0n) is 23.2. The molecule has 1 fully saturated rings. The second-order valence-electron chi connectivity index (χ2n) is 9.48. The van der Waals surface area contributed by atoms with Crippen LogP contribution in [0.3, 0.4) is 0 Å². The Morgan fingerprint density at radius 3 is 2.51 bits per heavy atom. The molecule has 214 valence electrons. The fourth-order valence-electron chi connectivity index (χ4n) is 4.80. The number of Topliss-reactive ketones (excluding diaryl/α,β-unsaturated/α-hetero) is 2. The molecule has 0 saturated carbocycles. The minimum absolute atomic E-state index is 0.131. The highest BCUT2D eigenvalue weighted by atomic mass is 32.1. The normalized spacial score (nSPS) is 17.6. The van der Waals surface area contributed by atoms with Gasteiger partial charge in [-0.25, -0.2) is 4.98 Å². The van der Waals surface area contributed by atoms with Gasteiger partial charge in [0.05, 0.1) is 35.4 Å². The number of hydrogen-bond donors (Lipinski definition) is 1. The van der Waals surface area contributed by atoms with E-state index in [1.807, 2.05) is 13.8 Å². The number of aromatic nitrogens is 1. The van der Waals surface area contributed by atoms with Crippen molar-refractivity contribution in [2.45, 2.75) is 40.2 Å². The van der Waals surface area contributed by atoms with Crippen LogP contribution in [0, 0.1) is 6.92 Å². The van der Waals surface area contributed by atoms with E-state index in [0.29, 0.717) is 65.6 Å². The number of carbonyl (C=O) groups excluding carboxylic acids is 3. The van der Waals surface area contributed by atoms with Crippen LogP contribution < -0.4 is 23.8 Å². The number of aryl methyl sites for hydroxylation is 1. The monoisotopic (exact) mass is 578 g/mol. The van der Waals surface area contributed by atoms with Crippen molar-refractivity contribution >= 4 is 39.7 Å². The van der Waals surface area contributed by atoms with Crippen LogP contribution in [0.15, 0.2) is 42.0 Å². The molecule has 11 heteroatoms. The molecule has 0 unspecified atom stereocenters. The molecule has 1 N–H and O–H groups in total. The number of fused-ring (bicyclic) bond motifs is 1. The van der Waals surface area contributed by atoms with Crippen LogP contribution in [-0.4, -0.2) is 54.0 Å². The summed E-state index contributed by atoms with van der Waals surface area (Å²) in [4.78, 5) is 45.5. The smallest absolute Gasteiger partial charge is 0.301 e. The van der Waals surface area contributed by atoms with Crippen molar-refractivity contribution in [3.05, 3.63) is 63.7 Å². The largest absolute Gasteiger partial charge is 0.507 e. The minimum atomic E-state index is -1.06. The summed E-state index contributed by atoms with van der Waals surface area (Å²) >= 11 is 1.02. The summed E-state index contributed by atoms with van der Waals surface area (Å²) in [5.74, 6) is -0.448. The number of thiazole rings is 1. The van der Waals surface area contributed by atoms with E-state index < -0.39 is 17.7 Å². The number of benzene rings is 2. The predicted octanol–water partition coefficient (Wildman–Crippen LogP) is 5.24. The van der Waals surface area contributed by atoms with Crippen molar-refractivity contribution in [1.82, 2.24) is 4.98 Å². The Bertz CT molecular complexity index is 1560. The number of ether oxygens (including phenoxy) is 4. The molecule has 3 aromatic rings. The number of ketones is 2. The minimum Gasteiger partial charge on any atom is -0.507 e. The standard InChI is InChI=1S/C30H30N2O8S/c1-5-11-38-20-9-7-18(14-22(20)37-6-2)25-24(26(34)19-8-10-21-23(15-19)40-13-12-39-21)27(35)29(36)32(25)30-31-16(3)28(41-30)17(4)33/h7-10,14-15,25,34H,5-6,11-13H2,1-4H3/b26-24+/t25-/m0/s1. The highest BCUT2D eigenvalue weighted by Crippen LogP contribution is 2.46. The summed E-state index contributed by atoms with van der Waals surface area (Å²) in [6.07, 6.45) is 0.797. The first-order valence-corrected chi connectivity index (χ1v) is 14.2. The van der Waals surface area contributed by atoms with Gasteiger partial charge in [0.25, 0.3) is 5.78 Å². The van der Waals surface area contributed by atoms with Crippen LogP contribution in [-0.2, 0) is 9.59 Å². The lowest BCUT2D eigenvalue weighted by Gasteiger charge is -2.24. The van der Waals surface area contributed by atoms with E-state index in [4.69, 9.17) is 18.9 Å². The van der Waals surface area contributed by atoms with Crippen molar-refractivity contribution in [2.24, 2.45) is 0 Å².